The molecule has 1 amide bonds. The molecule has 1 aliphatic rings. The zero-order valence-electron chi connectivity index (χ0n) is 25.0. The second kappa shape index (κ2) is 11.4. The first-order chi connectivity index (χ1) is 21.8. The molecule has 7 rings (SSSR count). The Balaban J connectivity index is 1.17. The van der Waals surface area contributed by atoms with Gasteiger partial charge in [-0.3, -0.25) is 0 Å². The summed E-state index contributed by atoms with van der Waals surface area (Å²) in [7, 11) is -1.75. The highest BCUT2D eigenvalue weighted by atomic mass is 32.2. The molecule has 226 valence electrons. The van der Waals surface area contributed by atoms with Crippen molar-refractivity contribution in [3.8, 4) is 11.3 Å². The van der Waals surface area contributed by atoms with Crippen molar-refractivity contribution in [3.63, 3.8) is 0 Å². The van der Waals surface area contributed by atoms with Crippen molar-refractivity contribution < 1.29 is 17.9 Å². The average Bonchev–Trinajstić information content (AvgIpc) is 3.65. The summed E-state index contributed by atoms with van der Waals surface area (Å²) in [6.45, 7) is 3.24. The Morgan fingerprint density at radius 3 is 2.53 bits per heavy atom. The number of carbonyl (C=O) groups is 1. The van der Waals surface area contributed by atoms with E-state index >= 15 is 0 Å². The maximum absolute atomic E-state index is 13.6. The number of hydrogen-bond acceptors (Lipinski definition) is 5. The molecular formula is C36H32N4O4S. The zero-order chi connectivity index (χ0) is 31.1. The molecule has 45 heavy (non-hydrogen) atoms. The minimum absolute atomic E-state index is 0.221. The third-order valence-electron chi connectivity index (χ3n) is 8.44. The summed E-state index contributed by atoms with van der Waals surface area (Å²) in [5.74, 6) is 0. The van der Waals surface area contributed by atoms with Crippen LogP contribution >= 0.6 is 0 Å². The van der Waals surface area contributed by atoms with Crippen molar-refractivity contribution >= 4 is 43.4 Å². The van der Waals surface area contributed by atoms with E-state index in [-0.39, 0.29) is 22.5 Å². The van der Waals surface area contributed by atoms with Gasteiger partial charge in [-0.15, -0.1) is 0 Å². The lowest BCUT2D eigenvalue weighted by Gasteiger charge is -2.26. The van der Waals surface area contributed by atoms with Crippen molar-refractivity contribution in [3.05, 3.63) is 120 Å². The van der Waals surface area contributed by atoms with Gasteiger partial charge in [-0.05, 0) is 66.4 Å². The summed E-state index contributed by atoms with van der Waals surface area (Å²) in [4.78, 5) is 22.7. The number of fused-ring (bicyclic) bond motifs is 2. The van der Waals surface area contributed by atoms with E-state index in [9.17, 15) is 13.2 Å². The lowest BCUT2D eigenvalue weighted by Crippen LogP contribution is -2.35. The van der Waals surface area contributed by atoms with Gasteiger partial charge in [0.15, 0.2) is 0 Å². The van der Waals surface area contributed by atoms with E-state index in [0.717, 1.165) is 38.9 Å². The minimum Gasteiger partial charge on any atom is -0.445 e. The summed E-state index contributed by atoms with van der Waals surface area (Å²) in [5.41, 5.74) is 7.52. The molecule has 0 radical (unpaired) electrons. The predicted molar refractivity (Wildman–Crippen MR) is 175 cm³/mol. The second-order valence-corrected chi connectivity index (χ2v) is 13.3. The number of rotatable bonds is 6. The molecule has 3 aromatic heterocycles. The fourth-order valence-corrected chi connectivity index (χ4v) is 7.37. The van der Waals surface area contributed by atoms with Gasteiger partial charge < -0.3 is 19.2 Å². The fraction of sp³-hybridized carbons (Fsp3) is 0.167. The molecule has 0 bridgehead atoms. The molecule has 0 unspecified atom stereocenters. The van der Waals surface area contributed by atoms with Gasteiger partial charge in [-0.25, -0.2) is 18.2 Å². The van der Waals surface area contributed by atoms with E-state index in [1.807, 2.05) is 56.6 Å². The first kappa shape index (κ1) is 28.6. The number of aromatic nitrogens is 3. The van der Waals surface area contributed by atoms with Crippen molar-refractivity contribution in [1.29, 1.82) is 0 Å². The highest BCUT2D eigenvalue weighted by molar-refractivity contribution is 7.91. The number of hydrogen-bond donors (Lipinski definition) is 1. The van der Waals surface area contributed by atoms with Gasteiger partial charge in [0.2, 0.25) is 9.84 Å². The molecule has 4 heterocycles. The molecule has 0 saturated heterocycles. The van der Waals surface area contributed by atoms with Gasteiger partial charge in [-0.2, -0.15) is 0 Å². The quantitative estimate of drug-likeness (QED) is 0.212. The predicted octanol–water partition coefficient (Wildman–Crippen LogP) is 7.29. The Labute approximate surface area is 261 Å². The molecule has 3 aromatic carbocycles. The van der Waals surface area contributed by atoms with Crippen molar-refractivity contribution in [1.82, 2.24) is 19.4 Å². The van der Waals surface area contributed by atoms with Crippen LogP contribution in [0.25, 0.3) is 38.8 Å². The Hall–Kier alpha value is -5.15. The standard InChI is InChI=1S/C36H32N4O4S/c1-24-8-11-28(12-9-24)45(42,43)34-14-17-37-35-30(34)21-32(38-35)31-22-39(2)33-13-10-27(20-29(31)33)26-15-18-40(19-16-26)36(41)44-23-25-6-4-3-5-7-25/h3-15,17,20-22H,16,18-19,23H2,1-2H3,(H,37,38). The van der Waals surface area contributed by atoms with Crippen molar-refractivity contribution in [2.24, 2.45) is 7.05 Å². The third-order valence-corrected chi connectivity index (χ3v) is 10.3. The lowest BCUT2D eigenvalue weighted by molar-refractivity contribution is 0.0998. The normalized spacial score (nSPS) is 13.7. The van der Waals surface area contributed by atoms with Crippen LogP contribution in [-0.2, 0) is 28.2 Å². The molecule has 1 aliphatic heterocycles. The van der Waals surface area contributed by atoms with E-state index in [1.54, 1.807) is 35.2 Å². The molecule has 1 N–H and O–H groups in total. The number of nitrogens with one attached hydrogen (secondary N) is 1. The van der Waals surface area contributed by atoms with Crippen LogP contribution in [0.4, 0.5) is 4.79 Å². The molecule has 8 nitrogen and oxygen atoms in total. The van der Waals surface area contributed by atoms with Gasteiger partial charge in [0.05, 0.1) is 9.79 Å². The highest BCUT2D eigenvalue weighted by Crippen LogP contribution is 2.36. The molecule has 0 saturated carbocycles. The molecule has 9 heteroatoms. The Bertz CT molecular complexity index is 2200. The number of benzene rings is 3. The van der Waals surface area contributed by atoms with E-state index in [2.05, 4.69) is 38.8 Å². The van der Waals surface area contributed by atoms with E-state index in [4.69, 9.17) is 4.74 Å². The number of aryl methyl sites for hydroxylation is 2. The van der Waals surface area contributed by atoms with Crippen LogP contribution in [0, 0.1) is 6.92 Å². The number of H-pyrrole nitrogens is 1. The zero-order valence-corrected chi connectivity index (χ0v) is 25.8. The number of aromatic amines is 1. The number of sulfone groups is 1. The Morgan fingerprint density at radius 2 is 1.78 bits per heavy atom. The first-order valence-corrected chi connectivity index (χ1v) is 16.3. The largest absolute Gasteiger partial charge is 0.445 e. The van der Waals surface area contributed by atoms with Crippen LogP contribution in [0.3, 0.4) is 0 Å². The van der Waals surface area contributed by atoms with Gasteiger partial charge in [0.1, 0.15) is 12.3 Å². The van der Waals surface area contributed by atoms with Crippen LogP contribution in [0.5, 0.6) is 0 Å². The minimum atomic E-state index is -3.75. The Morgan fingerprint density at radius 1 is 0.978 bits per heavy atom. The molecule has 0 spiro atoms. The SMILES string of the molecule is Cc1ccc(S(=O)(=O)c2ccnc3[nH]c(-c4cn(C)c5ccc(C6=CCN(C(=O)OCc7ccccc7)CC6)cc45)cc23)cc1. The number of ether oxygens (including phenoxy) is 1. The number of pyridine rings is 1. The first-order valence-electron chi connectivity index (χ1n) is 14.8. The molecule has 0 fully saturated rings. The summed E-state index contributed by atoms with van der Waals surface area (Å²) in [6, 6.07) is 26.4. The van der Waals surface area contributed by atoms with E-state index in [1.165, 1.54) is 11.8 Å². The molecular weight excluding hydrogens is 584 g/mol. The van der Waals surface area contributed by atoms with Gasteiger partial charge >= 0.3 is 6.09 Å². The molecule has 6 aromatic rings. The molecule has 0 atom stereocenters. The summed E-state index contributed by atoms with van der Waals surface area (Å²) < 4.78 is 34.8. The third kappa shape index (κ3) is 5.40. The van der Waals surface area contributed by atoms with Crippen LogP contribution in [0.15, 0.2) is 113 Å². The van der Waals surface area contributed by atoms with E-state index in [0.29, 0.717) is 30.5 Å². The number of carbonyl (C=O) groups excluding carboxylic acids is 1. The lowest BCUT2D eigenvalue weighted by atomic mass is 9.97. The van der Waals surface area contributed by atoms with Crippen molar-refractivity contribution in [2.45, 2.75) is 29.7 Å². The van der Waals surface area contributed by atoms with Crippen LogP contribution in [0.1, 0.15) is 23.1 Å². The van der Waals surface area contributed by atoms with Gasteiger partial charge in [0.25, 0.3) is 0 Å². The average molecular weight is 617 g/mol. The smallest absolute Gasteiger partial charge is 0.410 e. The monoisotopic (exact) mass is 616 g/mol. The Kier molecular flexibility index (Phi) is 7.25. The van der Waals surface area contributed by atoms with Crippen LogP contribution < -0.4 is 0 Å². The number of amides is 1. The maximum atomic E-state index is 13.6. The summed E-state index contributed by atoms with van der Waals surface area (Å²) in [6.07, 6.45) is 6.07. The summed E-state index contributed by atoms with van der Waals surface area (Å²) >= 11 is 0. The topological polar surface area (TPSA) is 97.3 Å². The van der Waals surface area contributed by atoms with Crippen LogP contribution in [0.2, 0.25) is 0 Å². The molecule has 0 aliphatic carbocycles. The van der Waals surface area contributed by atoms with Gasteiger partial charge in [0, 0.05) is 60.1 Å². The van der Waals surface area contributed by atoms with Crippen LogP contribution in [-0.4, -0.2) is 47.0 Å². The fourth-order valence-electron chi connectivity index (χ4n) is 5.94. The highest BCUT2D eigenvalue weighted by Gasteiger charge is 2.24. The summed E-state index contributed by atoms with van der Waals surface area (Å²) in [5, 5.41) is 1.59. The van der Waals surface area contributed by atoms with Gasteiger partial charge in [-0.1, -0.05) is 60.2 Å². The van der Waals surface area contributed by atoms with Crippen molar-refractivity contribution in [2.75, 3.05) is 13.1 Å². The second-order valence-electron chi connectivity index (χ2n) is 11.4. The number of nitrogens with zero attached hydrogens (tertiary/aromatic N) is 3. The maximum Gasteiger partial charge on any atom is 0.410 e. The van der Waals surface area contributed by atoms with E-state index < -0.39 is 9.84 Å².